The van der Waals surface area contributed by atoms with Gasteiger partial charge < -0.3 is 15.2 Å². The number of hydrogen-bond donors (Lipinski definition) is 1. The Kier molecular flexibility index (Phi) is 4.57. The van der Waals surface area contributed by atoms with Crippen molar-refractivity contribution in [2.24, 2.45) is 0 Å². The van der Waals surface area contributed by atoms with Crippen molar-refractivity contribution in [1.82, 2.24) is 4.98 Å². The van der Waals surface area contributed by atoms with Gasteiger partial charge in [0.15, 0.2) is 0 Å². The van der Waals surface area contributed by atoms with Crippen LogP contribution in [0.5, 0.6) is 5.88 Å². The van der Waals surface area contributed by atoms with Crippen molar-refractivity contribution in [2.75, 3.05) is 18.9 Å². The first-order chi connectivity index (χ1) is 7.70. The number of carbonyl (C=O) groups is 1. The Balaban J connectivity index is 2.89. The van der Waals surface area contributed by atoms with Crippen LogP contribution >= 0.6 is 0 Å². The molecule has 0 radical (unpaired) electrons. The van der Waals surface area contributed by atoms with Crippen molar-refractivity contribution >= 4 is 11.7 Å². The van der Waals surface area contributed by atoms with Crippen LogP contribution in [0.3, 0.4) is 0 Å². The molecule has 1 rings (SSSR count). The van der Waals surface area contributed by atoms with Crippen LogP contribution in [0.15, 0.2) is 12.3 Å². The summed E-state index contributed by atoms with van der Waals surface area (Å²) in [5, 5.41) is 0. The lowest BCUT2D eigenvalue weighted by Crippen LogP contribution is -2.10. The first-order valence-electron chi connectivity index (χ1n) is 5.25. The second-order valence-corrected chi connectivity index (χ2v) is 3.15. The summed E-state index contributed by atoms with van der Waals surface area (Å²) < 4.78 is 10.2. The molecule has 1 heterocycles. The van der Waals surface area contributed by atoms with Crippen molar-refractivity contribution in [3.05, 3.63) is 17.8 Å². The third-order valence-electron chi connectivity index (χ3n) is 1.89. The topological polar surface area (TPSA) is 74.4 Å². The third kappa shape index (κ3) is 2.85. The Labute approximate surface area is 94.6 Å². The molecule has 1 aromatic heterocycles. The largest absolute Gasteiger partial charge is 0.476 e. The van der Waals surface area contributed by atoms with Crippen LogP contribution < -0.4 is 10.5 Å². The van der Waals surface area contributed by atoms with Crippen LogP contribution in [-0.2, 0) is 4.74 Å². The zero-order valence-corrected chi connectivity index (χ0v) is 9.53. The van der Waals surface area contributed by atoms with E-state index in [1.807, 2.05) is 6.92 Å². The highest BCUT2D eigenvalue weighted by Crippen LogP contribution is 2.22. The standard InChI is InChI=1S/C11H16N2O3/c1-3-7-16-10-9(12)8(5-6-13-10)11(14)15-4-2/h5-6H,3-4,7,12H2,1-2H3. The van der Waals surface area contributed by atoms with Gasteiger partial charge in [0, 0.05) is 6.20 Å². The normalized spacial score (nSPS) is 9.88. The van der Waals surface area contributed by atoms with E-state index in [0.29, 0.717) is 18.8 Å². The summed E-state index contributed by atoms with van der Waals surface area (Å²) in [6.45, 7) is 4.55. The number of nitrogen functional groups attached to an aromatic ring is 1. The average Bonchev–Trinajstić information content (AvgIpc) is 2.28. The van der Waals surface area contributed by atoms with Gasteiger partial charge in [0.25, 0.3) is 0 Å². The van der Waals surface area contributed by atoms with E-state index in [1.54, 1.807) is 6.92 Å². The van der Waals surface area contributed by atoms with Gasteiger partial charge in [0.05, 0.1) is 18.8 Å². The van der Waals surface area contributed by atoms with E-state index in [9.17, 15) is 4.79 Å². The fourth-order valence-corrected chi connectivity index (χ4v) is 1.15. The molecule has 0 unspecified atom stereocenters. The summed E-state index contributed by atoms with van der Waals surface area (Å²) in [5.74, 6) is -0.170. The minimum atomic E-state index is -0.455. The number of esters is 1. The van der Waals surface area contributed by atoms with E-state index >= 15 is 0 Å². The summed E-state index contributed by atoms with van der Waals surface area (Å²) in [6.07, 6.45) is 2.33. The molecule has 0 aliphatic heterocycles. The lowest BCUT2D eigenvalue weighted by Gasteiger charge is -2.09. The highest BCUT2D eigenvalue weighted by atomic mass is 16.5. The number of aromatic nitrogens is 1. The predicted octanol–water partition coefficient (Wildman–Crippen LogP) is 1.63. The summed E-state index contributed by atoms with van der Waals surface area (Å²) in [5.41, 5.74) is 6.29. The predicted molar refractivity (Wildman–Crippen MR) is 60.4 cm³/mol. The smallest absolute Gasteiger partial charge is 0.340 e. The third-order valence-corrected chi connectivity index (χ3v) is 1.89. The summed E-state index contributed by atoms with van der Waals surface area (Å²) in [4.78, 5) is 15.5. The minimum Gasteiger partial charge on any atom is -0.476 e. The van der Waals surface area contributed by atoms with Crippen LogP contribution in [0.4, 0.5) is 5.69 Å². The van der Waals surface area contributed by atoms with Gasteiger partial charge in [-0.3, -0.25) is 0 Å². The van der Waals surface area contributed by atoms with E-state index in [4.69, 9.17) is 15.2 Å². The van der Waals surface area contributed by atoms with Crippen molar-refractivity contribution < 1.29 is 14.3 Å². The van der Waals surface area contributed by atoms with Crippen LogP contribution in [-0.4, -0.2) is 24.2 Å². The van der Waals surface area contributed by atoms with Gasteiger partial charge in [0.2, 0.25) is 5.88 Å². The molecular weight excluding hydrogens is 208 g/mol. The Morgan fingerprint density at radius 2 is 2.25 bits per heavy atom. The molecule has 0 aliphatic carbocycles. The van der Waals surface area contributed by atoms with Gasteiger partial charge in [-0.25, -0.2) is 9.78 Å². The first kappa shape index (κ1) is 12.3. The van der Waals surface area contributed by atoms with Crippen molar-refractivity contribution in [3.63, 3.8) is 0 Å². The molecule has 0 spiro atoms. The SMILES string of the molecule is CCCOc1nccc(C(=O)OCC)c1N. The quantitative estimate of drug-likeness (QED) is 0.769. The van der Waals surface area contributed by atoms with Gasteiger partial charge in [-0.15, -0.1) is 0 Å². The second-order valence-electron chi connectivity index (χ2n) is 3.15. The van der Waals surface area contributed by atoms with Crippen LogP contribution in [0.25, 0.3) is 0 Å². The fourth-order valence-electron chi connectivity index (χ4n) is 1.15. The Morgan fingerprint density at radius 1 is 1.50 bits per heavy atom. The average molecular weight is 224 g/mol. The highest BCUT2D eigenvalue weighted by molar-refractivity contribution is 5.96. The van der Waals surface area contributed by atoms with Gasteiger partial charge in [-0.1, -0.05) is 6.92 Å². The molecule has 1 aromatic rings. The molecule has 0 bridgehead atoms. The molecule has 0 amide bonds. The maximum Gasteiger partial charge on any atom is 0.340 e. The van der Waals surface area contributed by atoms with E-state index in [2.05, 4.69) is 4.98 Å². The number of ether oxygens (including phenoxy) is 2. The molecule has 2 N–H and O–H groups in total. The summed E-state index contributed by atoms with van der Waals surface area (Å²) in [7, 11) is 0. The lowest BCUT2D eigenvalue weighted by atomic mass is 10.2. The molecule has 16 heavy (non-hydrogen) atoms. The maximum atomic E-state index is 11.5. The molecule has 5 nitrogen and oxygen atoms in total. The number of pyridine rings is 1. The minimum absolute atomic E-state index is 0.231. The highest BCUT2D eigenvalue weighted by Gasteiger charge is 2.15. The molecule has 0 saturated carbocycles. The summed E-state index contributed by atoms with van der Waals surface area (Å²) in [6, 6.07) is 1.52. The molecular formula is C11H16N2O3. The molecule has 5 heteroatoms. The number of anilines is 1. The maximum absolute atomic E-state index is 11.5. The van der Waals surface area contributed by atoms with Crippen LogP contribution in [0.1, 0.15) is 30.6 Å². The van der Waals surface area contributed by atoms with Crippen molar-refractivity contribution in [3.8, 4) is 5.88 Å². The number of nitrogens with zero attached hydrogens (tertiary/aromatic N) is 1. The summed E-state index contributed by atoms with van der Waals surface area (Å²) >= 11 is 0. The molecule has 88 valence electrons. The first-order valence-corrected chi connectivity index (χ1v) is 5.25. The van der Waals surface area contributed by atoms with E-state index in [-0.39, 0.29) is 11.6 Å². The van der Waals surface area contributed by atoms with E-state index in [1.165, 1.54) is 12.3 Å². The van der Waals surface area contributed by atoms with Gasteiger partial charge in [0.1, 0.15) is 5.69 Å². The van der Waals surface area contributed by atoms with E-state index < -0.39 is 5.97 Å². The van der Waals surface area contributed by atoms with E-state index in [0.717, 1.165) is 6.42 Å². The van der Waals surface area contributed by atoms with Crippen molar-refractivity contribution in [1.29, 1.82) is 0 Å². The fraction of sp³-hybridized carbons (Fsp3) is 0.455. The molecule has 0 fully saturated rings. The zero-order valence-electron chi connectivity index (χ0n) is 9.53. The Morgan fingerprint density at radius 3 is 2.88 bits per heavy atom. The molecule has 0 aliphatic rings. The zero-order chi connectivity index (χ0) is 12.0. The van der Waals surface area contributed by atoms with Crippen molar-refractivity contribution in [2.45, 2.75) is 20.3 Å². The lowest BCUT2D eigenvalue weighted by molar-refractivity contribution is 0.0527. The number of carbonyl (C=O) groups excluding carboxylic acids is 1. The Hall–Kier alpha value is -1.78. The molecule has 0 atom stereocenters. The van der Waals surface area contributed by atoms with Gasteiger partial charge >= 0.3 is 5.97 Å². The van der Waals surface area contributed by atoms with Gasteiger partial charge in [-0.05, 0) is 19.4 Å². The molecule has 0 saturated heterocycles. The molecule has 0 aromatic carbocycles. The monoisotopic (exact) mass is 224 g/mol. The number of hydrogen-bond acceptors (Lipinski definition) is 5. The van der Waals surface area contributed by atoms with Gasteiger partial charge in [-0.2, -0.15) is 0 Å². The number of nitrogens with two attached hydrogens (primary N) is 1. The second kappa shape index (κ2) is 5.95. The van der Waals surface area contributed by atoms with Crippen LogP contribution in [0, 0.1) is 0 Å². The van der Waals surface area contributed by atoms with Crippen LogP contribution in [0.2, 0.25) is 0 Å². The number of rotatable bonds is 5. The Bertz CT molecular complexity index is 366.